The molecule has 0 radical (unpaired) electrons. The minimum atomic E-state index is -2.00. The molecule has 0 amide bonds. The van der Waals surface area contributed by atoms with Gasteiger partial charge in [0, 0.05) is 0 Å². The predicted octanol–water partition coefficient (Wildman–Crippen LogP) is -15.0. The summed E-state index contributed by atoms with van der Waals surface area (Å²) in [5.41, 5.74) is 0. The SMILES string of the molecule is O=C([O-])[C@H](O)[C@@H](O)CO.O=C([O-])[C@H](O)[C@@H](O)CO.O=C([O-])[C@H](O)[C@@H](O)CO.O=C([O-])[C@H](O)[C@@H](O)CO.[Ca+2].[Ca+2]. The summed E-state index contributed by atoms with van der Waals surface area (Å²) in [6.07, 6.45) is -14.6. The number of aliphatic hydroxyl groups excluding tert-OH is 12. The fraction of sp³-hybridized carbons (Fsp3) is 0.750. The van der Waals surface area contributed by atoms with Crippen LogP contribution >= 0.6 is 0 Å². The van der Waals surface area contributed by atoms with Crippen molar-refractivity contribution in [1.29, 1.82) is 0 Å². The number of carboxylic acids is 4. The molecule has 22 heteroatoms. The van der Waals surface area contributed by atoms with Crippen LogP contribution in [0.15, 0.2) is 0 Å². The molecule has 0 aliphatic heterocycles. The predicted molar refractivity (Wildman–Crippen MR) is 108 cm³/mol. The summed E-state index contributed by atoms with van der Waals surface area (Å²) < 4.78 is 0. The summed E-state index contributed by atoms with van der Waals surface area (Å²) in [5.74, 6) is -7.18. The fourth-order valence-electron chi connectivity index (χ4n) is 1.03. The fourth-order valence-corrected chi connectivity index (χ4v) is 1.03. The standard InChI is InChI=1S/4C4H8O5.2Ca/c4*5-1-2(6)3(7)4(8)9;;/h4*2-3,5-7H,1H2,(H,8,9);;/q;;;;2*+2/p-4/t4*2-,3+;;/m0000../s1. The molecule has 0 aliphatic carbocycles. The summed E-state index contributed by atoms with van der Waals surface area (Å²) in [5, 5.41) is 138. The number of carbonyl (C=O) groups excluding carboxylic acids is 4. The Morgan fingerprint density at radius 2 is 0.500 bits per heavy atom. The molecular weight excluding hydrogens is 592 g/mol. The van der Waals surface area contributed by atoms with Crippen molar-refractivity contribution in [3.63, 3.8) is 0 Å². The molecule has 20 nitrogen and oxygen atoms in total. The van der Waals surface area contributed by atoms with Crippen LogP contribution < -0.4 is 20.4 Å². The van der Waals surface area contributed by atoms with Gasteiger partial charge in [-0.3, -0.25) is 0 Å². The van der Waals surface area contributed by atoms with Gasteiger partial charge in [-0.2, -0.15) is 0 Å². The molecule has 0 aromatic carbocycles. The monoisotopic (exact) mass is 620 g/mol. The largest absolute Gasteiger partial charge is 2.00 e. The third-order valence-electron chi connectivity index (χ3n) is 3.17. The number of hydrogen-bond acceptors (Lipinski definition) is 20. The van der Waals surface area contributed by atoms with E-state index in [1.165, 1.54) is 0 Å². The minimum absolute atomic E-state index is 0. The van der Waals surface area contributed by atoms with Crippen molar-refractivity contribution in [3.05, 3.63) is 0 Å². The molecular formula is C16H28Ca2O20. The molecule has 216 valence electrons. The van der Waals surface area contributed by atoms with Crippen LogP contribution in [0, 0.1) is 0 Å². The topological polar surface area (TPSA) is 403 Å². The minimum Gasteiger partial charge on any atom is -0.547 e. The van der Waals surface area contributed by atoms with E-state index in [4.69, 9.17) is 61.3 Å². The summed E-state index contributed by atoms with van der Waals surface area (Å²) in [4.78, 5) is 38.7. The second kappa shape index (κ2) is 29.9. The first-order valence-corrected chi connectivity index (χ1v) is 9.08. The van der Waals surface area contributed by atoms with Crippen molar-refractivity contribution in [1.82, 2.24) is 0 Å². The van der Waals surface area contributed by atoms with Gasteiger partial charge in [0.05, 0.1) is 50.3 Å². The Balaban J connectivity index is -0.0000000883. The van der Waals surface area contributed by atoms with Crippen LogP contribution in [0.1, 0.15) is 0 Å². The summed E-state index contributed by atoms with van der Waals surface area (Å²) in [6, 6.07) is 0. The Morgan fingerprint density at radius 3 is 0.526 bits per heavy atom. The normalized spacial score (nSPS) is 15.9. The molecule has 0 spiro atoms. The zero-order valence-corrected chi connectivity index (χ0v) is 23.9. The van der Waals surface area contributed by atoms with E-state index in [1.54, 1.807) is 0 Å². The molecule has 0 unspecified atom stereocenters. The van der Waals surface area contributed by atoms with Crippen LogP contribution in [-0.4, -0.2) is 236 Å². The maximum Gasteiger partial charge on any atom is 2.00 e. The second-order valence-electron chi connectivity index (χ2n) is 6.06. The number of carbonyl (C=O) groups is 4. The van der Waals surface area contributed by atoms with E-state index < -0.39 is 99.1 Å². The van der Waals surface area contributed by atoms with Gasteiger partial charge in [0.25, 0.3) is 0 Å². The Bertz CT molecular complexity index is 520. The molecule has 38 heavy (non-hydrogen) atoms. The van der Waals surface area contributed by atoms with E-state index in [-0.39, 0.29) is 75.5 Å². The molecule has 12 N–H and O–H groups in total. The molecule has 0 saturated heterocycles. The van der Waals surface area contributed by atoms with Crippen LogP contribution in [0.2, 0.25) is 0 Å². The van der Waals surface area contributed by atoms with Crippen molar-refractivity contribution in [2.24, 2.45) is 0 Å². The van der Waals surface area contributed by atoms with Crippen molar-refractivity contribution in [2.45, 2.75) is 48.8 Å². The maximum atomic E-state index is 9.67. The number of aliphatic hydroxyl groups is 12. The molecule has 0 aliphatic rings. The van der Waals surface area contributed by atoms with Crippen LogP contribution in [0.3, 0.4) is 0 Å². The molecule has 0 aromatic heterocycles. The van der Waals surface area contributed by atoms with Crippen molar-refractivity contribution < 1.29 is 101 Å². The Morgan fingerprint density at radius 1 is 0.395 bits per heavy atom. The van der Waals surface area contributed by atoms with Gasteiger partial charge in [-0.25, -0.2) is 0 Å². The summed E-state index contributed by atoms with van der Waals surface area (Å²) in [6.45, 7) is -3.19. The maximum absolute atomic E-state index is 9.67. The molecule has 0 bridgehead atoms. The molecule has 0 rings (SSSR count). The first-order valence-electron chi connectivity index (χ1n) is 9.08. The smallest absolute Gasteiger partial charge is 0.547 e. The molecule has 0 fully saturated rings. The average Bonchev–Trinajstić information content (AvgIpc) is 2.85. The second-order valence-corrected chi connectivity index (χ2v) is 6.06. The Kier molecular flexibility index (Phi) is 39.9. The third kappa shape index (κ3) is 27.5. The van der Waals surface area contributed by atoms with Gasteiger partial charge in [0.2, 0.25) is 0 Å². The van der Waals surface area contributed by atoms with E-state index >= 15 is 0 Å². The van der Waals surface area contributed by atoms with Gasteiger partial charge < -0.3 is 101 Å². The average molecular weight is 621 g/mol. The zero-order chi connectivity index (χ0) is 29.8. The molecule has 0 heterocycles. The van der Waals surface area contributed by atoms with Crippen molar-refractivity contribution >= 4 is 99.4 Å². The van der Waals surface area contributed by atoms with Crippen LogP contribution in [0.4, 0.5) is 0 Å². The van der Waals surface area contributed by atoms with E-state index in [2.05, 4.69) is 0 Å². The van der Waals surface area contributed by atoms with Gasteiger partial charge in [-0.1, -0.05) is 0 Å². The quantitative estimate of drug-likeness (QED) is 0.0900. The number of aliphatic carboxylic acids is 4. The van der Waals surface area contributed by atoms with Crippen LogP contribution in [0.5, 0.6) is 0 Å². The molecule has 8 atom stereocenters. The van der Waals surface area contributed by atoms with Crippen LogP contribution in [-0.2, 0) is 19.2 Å². The molecule has 0 aromatic rings. The number of rotatable bonds is 12. The van der Waals surface area contributed by atoms with E-state index in [0.717, 1.165) is 0 Å². The van der Waals surface area contributed by atoms with Crippen molar-refractivity contribution in [3.8, 4) is 0 Å². The first kappa shape index (κ1) is 50.7. The zero-order valence-electron chi connectivity index (χ0n) is 19.5. The Labute approximate surface area is 273 Å². The van der Waals surface area contributed by atoms with E-state index in [9.17, 15) is 39.6 Å². The van der Waals surface area contributed by atoms with Gasteiger partial charge in [-0.05, 0) is 0 Å². The van der Waals surface area contributed by atoms with Crippen LogP contribution in [0.25, 0.3) is 0 Å². The van der Waals surface area contributed by atoms with Gasteiger partial charge in [0.1, 0.15) is 48.8 Å². The van der Waals surface area contributed by atoms with Gasteiger partial charge in [-0.15, -0.1) is 0 Å². The first-order chi connectivity index (χ1) is 16.4. The van der Waals surface area contributed by atoms with Crippen molar-refractivity contribution in [2.75, 3.05) is 26.4 Å². The van der Waals surface area contributed by atoms with Gasteiger partial charge >= 0.3 is 75.5 Å². The van der Waals surface area contributed by atoms with Gasteiger partial charge in [0.15, 0.2) is 0 Å². The summed E-state index contributed by atoms with van der Waals surface area (Å²) in [7, 11) is 0. The number of carboxylic acid groups (broad SMARTS) is 4. The Hall–Kier alpha value is -0.0805. The summed E-state index contributed by atoms with van der Waals surface area (Å²) >= 11 is 0. The molecule has 0 saturated carbocycles. The van der Waals surface area contributed by atoms with E-state index in [0.29, 0.717) is 0 Å². The third-order valence-corrected chi connectivity index (χ3v) is 3.17. The number of hydrogen-bond donors (Lipinski definition) is 12. The van der Waals surface area contributed by atoms with E-state index in [1.807, 2.05) is 0 Å².